The highest BCUT2D eigenvalue weighted by molar-refractivity contribution is 5.32. The maximum absolute atomic E-state index is 12.8. The van der Waals surface area contributed by atoms with Gasteiger partial charge in [0.15, 0.2) is 0 Å². The van der Waals surface area contributed by atoms with Crippen molar-refractivity contribution in [3.63, 3.8) is 0 Å². The van der Waals surface area contributed by atoms with Crippen molar-refractivity contribution in [3.05, 3.63) is 46.8 Å². The van der Waals surface area contributed by atoms with Crippen LogP contribution in [0, 0.1) is 6.92 Å². The number of aryl methyl sites for hydroxylation is 1. The molecule has 0 aromatic heterocycles. The van der Waals surface area contributed by atoms with Crippen molar-refractivity contribution in [3.8, 4) is 0 Å². The predicted molar refractivity (Wildman–Crippen MR) is 58.1 cm³/mol. The highest BCUT2D eigenvalue weighted by Crippen LogP contribution is 2.30. The number of nitrogens with two attached hydrogens (primary N) is 1. The zero-order chi connectivity index (χ0) is 13.1. The second-order valence-corrected chi connectivity index (χ2v) is 3.76. The van der Waals surface area contributed by atoms with Crippen molar-refractivity contribution in [2.24, 2.45) is 5.73 Å². The summed E-state index contributed by atoms with van der Waals surface area (Å²) < 4.78 is 50.3. The second-order valence-electron chi connectivity index (χ2n) is 3.76. The van der Waals surface area contributed by atoms with Gasteiger partial charge >= 0.3 is 6.18 Å². The van der Waals surface area contributed by atoms with Crippen molar-refractivity contribution in [1.82, 2.24) is 0 Å². The summed E-state index contributed by atoms with van der Waals surface area (Å²) in [5.74, 6) is -0.528. The van der Waals surface area contributed by atoms with Crippen molar-refractivity contribution in [2.75, 3.05) is 6.54 Å². The van der Waals surface area contributed by atoms with E-state index < -0.39 is 17.6 Å². The Morgan fingerprint density at radius 3 is 2.47 bits per heavy atom. The van der Waals surface area contributed by atoms with Gasteiger partial charge in [0.1, 0.15) is 5.83 Å². The average Bonchev–Trinajstić information content (AvgIpc) is 2.24. The van der Waals surface area contributed by atoms with Crippen LogP contribution < -0.4 is 5.73 Å². The largest absolute Gasteiger partial charge is 0.416 e. The lowest BCUT2D eigenvalue weighted by molar-refractivity contribution is -0.137. The van der Waals surface area contributed by atoms with Crippen LogP contribution in [0.3, 0.4) is 0 Å². The fourth-order valence-corrected chi connectivity index (χ4v) is 1.46. The third kappa shape index (κ3) is 4.19. The van der Waals surface area contributed by atoms with Crippen LogP contribution in [0.5, 0.6) is 0 Å². The van der Waals surface area contributed by atoms with E-state index in [9.17, 15) is 17.6 Å². The van der Waals surface area contributed by atoms with E-state index in [2.05, 4.69) is 0 Å². The van der Waals surface area contributed by atoms with E-state index >= 15 is 0 Å². The van der Waals surface area contributed by atoms with Gasteiger partial charge in [-0.3, -0.25) is 0 Å². The first-order chi connectivity index (χ1) is 7.82. The quantitative estimate of drug-likeness (QED) is 0.814. The molecule has 0 heterocycles. The Labute approximate surface area is 96.9 Å². The first kappa shape index (κ1) is 13.7. The Morgan fingerprint density at radius 2 is 1.94 bits per heavy atom. The molecule has 0 saturated carbocycles. The molecule has 0 fully saturated rings. The SMILES string of the molecule is Cc1cc(C/C=C(/F)CN)cc(C(F)(F)F)c1. The third-order valence-corrected chi connectivity index (χ3v) is 2.22. The normalized spacial score (nSPS) is 12.9. The summed E-state index contributed by atoms with van der Waals surface area (Å²) in [7, 11) is 0. The van der Waals surface area contributed by atoms with E-state index in [0.29, 0.717) is 11.1 Å². The Morgan fingerprint density at radius 1 is 1.29 bits per heavy atom. The molecule has 0 amide bonds. The van der Waals surface area contributed by atoms with Gasteiger partial charge in [-0.1, -0.05) is 11.6 Å². The van der Waals surface area contributed by atoms with Crippen LogP contribution >= 0.6 is 0 Å². The Kier molecular flexibility index (Phi) is 4.28. The molecular formula is C12H13F4N. The zero-order valence-corrected chi connectivity index (χ0v) is 9.31. The topological polar surface area (TPSA) is 26.0 Å². The van der Waals surface area contributed by atoms with Gasteiger partial charge in [-0.15, -0.1) is 0 Å². The molecule has 0 unspecified atom stereocenters. The molecule has 0 aliphatic rings. The zero-order valence-electron chi connectivity index (χ0n) is 9.31. The van der Waals surface area contributed by atoms with Gasteiger partial charge in [-0.05, 0) is 37.1 Å². The highest BCUT2D eigenvalue weighted by Gasteiger charge is 2.30. The lowest BCUT2D eigenvalue weighted by Gasteiger charge is -2.09. The van der Waals surface area contributed by atoms with Gasteiger partial charge in [-0.25, -0.2) is 4.39 Å². The van der Waals surface area contributed by atoms with Gasteiger partial charge in [-0.2, -0.15) is 13.2 Å². The minimum atomic E-state index is -4.38. The van der Waals surface area contributed by atoms with Crippen LogP contribution in [0.25, 0.3) is 0 Å². The molecule has 1 aromatic rings. The molecule has 5 heteroatoms. The molecule has 0 spiro atoms. The molecule has 0 bridgehead atoms. The van der Waals surface area contributed by atoms with Crippen LogP contribution in [0.2, 0.25) is 0 Å². The Bertz CT molecular complexity index is 421. The number of allylic oxidation sites excluding steroid dienone is 1. The van der Waals surface area contributed by atoms with E-state index in [4.69, 9.17) is 5.73 Å². The molecule has 2 N–H and O–H groups in total. The first-order valence-corrected chi connectivity index (χ1v) is 5.05. The molecule has 1 nitrogen and oxygen atoms in total. The Hall–Kier alpha value is -1.36. The van der Waals surface area contributed by atoms with Crippen LogP contribution in [0.1, 0.15) is 16.7 Å². The van der Waals surface area contributed by atoms with Crippen LogP contribution in [-0.4, -0.2) is 6.54 Å². The van der Waals surface area contributed by atoms with Crippen LogP contribution in [-0.2, 0) is 12.6 Å². The molecule has 0 atom stereocenters. The summed E-state index contributed by atoms with van der Waals surface area (Å²) >= 11 is 0. The van der Waals surface area contributed by atoms with E-state index in [0.717, 1.165) is 12.1 Å². The maximum Gasteiger partial charge on any atom is 0.416 e. The standard InChI is InChI=1S/C12H13F4N/c1-8-4-9(2-3-11(13)7-17)6-10(5-8)12(14,15)16/h3-6H,2,7,17H2,1H3/b11-3+. The summed E-state index contributed by atoms with van der Waals surface area (Å²) in [4.78, 5) is 0. The van der Waals surface area contributed by atoms with Gasteiger partial charge < -0.3 is 5.73 Å². The first-order valence-electron chi connectivity index (χ1n) is 5.05. The minimum absolute atomic E-state index is 0.105. The van der Waals surface area contributed by atoms with E-state index in [-0.39, 0.29) is 13.0 Å². The fourth-order valence-electron chi connectivity index (χ4n) is 1.46. The monoisotopic (exact) mass is 247 g/mol. The van der Waals surface area contributed by atoms with Crippen molar-refractivity contribution >= 4 is 0 Å². The van der Waals surface area contributed by atoms with Crippen LogP contribution in [0.15, 0.2) is 30.1 Å². The molecule has 0 radical (unpaired) electrons. The van der Waals surface area contributed by atoms with Gasteiger partial charge in [0.2, 0.25) is 0 Å². The number of halogens is 4. The van der Waals surface area contributed by atoms with E-state index in [1.165, 1.54) is 6.08 Å². The predicted octanol–water partition coefficient (Wildman–Crippen LogP) is 3.37. The third-order valence-electron chi connectivity index (χ3n) is 2.22. The molecule has 1 aromatic carbocycles. The molecule has 17 heavy (non-hydrogen) atoms. The molecule has 0 aliphatic heterocycles. The minimum Gasteiger partial charge on any atom is -0.325 e. The van der Waals surface area contributed by atoms with Crippen LogP contribution in [0.4, 0.5) is 17.6 Å². The summed E-state index contributed by atoms with van der Waals surface area (Å²) in [6.45, 7) is 1.33. The number of rotatable bonds is 3. The van der Waals surface area contributed by atoms with Gasteiger partial charge in [0, 0.05) is 6.54 Å². The summed E-state index contributed by atoms with van der Waals surface area (Å²) in [5.41, 5.74) is 5.24. The van der Waals surface area contributed by atoms with E-state index in [1.807, 2.05) is 0 Å². The molecule has 1 rings (SSSR count). The maximum atomic E-state index is 12.8. The average molecular weight is 247 g/mol. The van der Waals surface area contributed by atoms with Crippen molar-refractivity contribution in [2.45, 2.75) is 19.5 Å². The lowest BCUT2D eigenvalue weighted by Crippen LogP contribution is -2.06. The smallest absolute Gasteiger partial charge is 0.325 e. The summed E-state index contributed by atoms with van der Waals surface area (Å²) in [6, 6.07) is 3.68. The number of hydrogen-bond acceptors (Lipinski definition) is 1. The summed E-state index contributed by atoms with van der Waals surface area (Å²) in [5, 5.41) is 0. The number of hydrogen-bond donors (Lipinski definition) is 1. The molecule has 0 aliphatic carbocycles. The molecule has 0 saturated heterocycles. The number of alkyl halides is 3. The van der Waals surface area contributed by atoms with E-state index in [1.54, 1.807) is 13.0 Å². The Balaban J connectivity index is 2.98. The number of benzene rings is 1. The lowest BCUT2D eigenvalue weighted by atomic mass is 10.0. The summed E-state index contributed by atoms with van der Waals surface area (Å²) in [6.07, 6.45) is -3.08. The van der Waals surface area contributed by atoms with Gasteiger partial charge in [0.05, 0.1) is 5.56 Å². The fraction of sp³-hybridized carbons (Fsp3) is 0.333. The second kappa shape index (κ2) is 5.31. The molecule has 94 valence electrons. The van der Waals surface area contributed by atoms with Gasteiger partial charge in [0.25, 0.3) is 0 Å². The van der Waals surface area contributed by atoms with Crippen molar-refractivity contribution in [1.29, 1.82) is 0 Å². The molecular weight excluding hydrogens is 234 g/mol. The highest BCUT2D eigenvalue weighted by atomic mass is 19.4. The van der Waals surface area contributed by atoms with Crippen molar-refractivity contribution < 1.29 is 17.6 Å².